The Morgan fingerprint density at radius 1 is 1.59 bits per heavy atom. The van der Waals surface area contributed by atoms with Crippen LogP contribution in [0.4, 0.5) is 0 Å². The highest BCUT2D eigenvalue weighted by atomic mass is 79.9. The molecule has 0 saturated carbocycles. The molecule has 1 atom stereocenters. The first-order valence-electron chi connectivity index (χ1n) is 5.07. The van der Waals surface area contributed by atoms with Crippen molar-refractivity contribution in [3.63, 3.8) is 0 Å². The molecule has 1 rings (SSSR count). The number of aliphatic hydroxyl groups is 1. The monoisotopic (exact) mass is 326 g/mol. The molecule has 0 saturated heterocycles. The van der Waals surface area contributed by atoms with E-state index in [9.17, 15) is 8.42 Å². The van der Waals surface area contributed by atoms with Gasteiger partial charge < -0.3 is 5.11 Å². The number of nitrogens with zero attached hydrogens (tertiary/aromatic N) is 3. The molecule has 1 heterocycles. The van der Waals surface area contributed by atoms with Gasteiger partial charge in [0.2, 0.25) is 5.03 Å². The zero-order valence-electron chi connectivity index (χ0n) is 9.59. The first kappa shape index (κ1) is 14.6. The van der Waals surface area contributed by atoms with Gasteiger partial charge >= 0.3 is 0 Å². The van der Waals surface area contributed by atoms with Crippen molar-refractivity contribution in [2.45, 2.75) is 30.8 Å². The van der Waals surface area contributed by atoms with E-state index in [1.54, 1.807) is 6.92 Å². The Labute approximate surface area is 108 Å². The van der Waals surface area contributed by atoms with Gasteiger partial charge in [0, 0.05) is 19.7 Å². The molecule has 0 fully saturated rings. The van der Waals surface area contributed by atoms with Crippen molar-refractivity contribution >= 4 is 26.0 Å². The molecule has 0 radical (unpaired) electrons. The number of aromatic nitrogens is 3. The van der Waals surface area contributed by atoms with Crippen LogP contribution in [-0.4, -0.2) is 41.2 Å². The van der Waals surface area contributed by atoms with Crippen molar-refractivity contribution in [3.05, 3.63) is 4.60 Å². The van der Waals surface area contributed by atoms with Crippen molar-refractivity contribution < 1.29 is 13.5 Å². The van der Waals surface area contributed by atoms with E-state index in [0.717, 1.165) is 0 Å². The smallest absolute Gasteiger partial charge is 0.260 e. The van der Waals surface area contributed by atoms with Crippen LogP contribution in [0.3, 0.4) is 0 Å². The average molecular weight is 327 g/mol. The lowest BCUT2D eigenvalue weighted by Crippen LogP contribution is -2.34. The van der Waals surface area contributed by atoms with Crippen LogP contribution in [0.5, 0.6) is 0 Å². The van der Waals surface area contributed by atoms with Crippen molar-refractivity contribution in [2.24, 2.45) is 7.05 Å². The number of nitrogens with one attached hydrogen (secondary N) is 1. The minimum atomic E-state index is -3.65. The van der Waals surface area contributed by atoms with E-state index in [0.29, 0.717) is 12.8 Å². The van der Waals surface area contributed by atoms with Crippen LogP contribution in [0.15, 0.2) is 9.63 Å². The second kappa shape index (κ2) is 5.89. The van der Waals surface area contributed by atoms with Crippen LogP contribution in [0.25, 0.3) is 0 Å². The van der Waals surface area contributed by atoms with Crippen molar-refractivity contribution in [2.75, 3.05) is 6.61 Å². The zero-order valence-corrected chi connectivity index (χ0v) is 12.0. The molecule has 1 aromatic rings. The van der Waals surface area contributed by atoms with E-state index in [2.05, 4.69) is 31.0 Å². The van der Waals surface area contributed by atoms with Gasteiger partial charge in [0.1, 0.15) is 0 Å². The van der Waals surface area contributed by atoms with E-state index < -0.39 is 10.0 Å². The van der Waals surface area contributed by atoms with E-state index >= 15 is 0 Å². The number of rotatable bonds is 6. The highest BCUT2D eigenvalue weighted by Crippen LogP contribution is 2.18. The van der Waals surface area contributed by atoms with Gasteiger partial charge in [-0.15, -0.1) is 5.10 Å². The van der Waals surface area contributed by atoms with Gasteiger partial charge in [-0.1, -0.05) is 5.21 Å². The molecule has 1 unspecified atom stereocenters. The second-order valence-corrected chi connectivity index (χ2v) is 6.08. The topological polar surface area (TPSA) is 97.1 Å². The Hall–Kier alpha value is -0.510. The Kier molecular flexibility index (Phi) is 5.04. The molecule has 9 heteroatoms. The maximum absolute atomic E-state index is 12.0. The number of aryl methyl sites for hydroxylation is 1. The van der Waals surface area contributed by atoms with Crippen LogP contribution in [-0.2, 0) is 17.1 Å². The van der Waals surface area contributed by atoms with Crippen LogP contribution in [0.1, 0.15) is 19.8 Å². The zero-order chi connectivity index (χ0) is 13.1. The maximum Gasteiger partial charge on any atom is 0.260 e. The summed E-state index contributed by atoms with van der Waals surface area (Å²) < 4.78 is 27.9. The molecule has 0 aliphatic heterocycles. The Bertz CT molecular complexity index is 454. The third-order valence-corrected chi connectivity index (χ3v) is 4.62. The van der Waals surface area contributed by atoms with E-state index in [1.165, 1.54) is 11.7 Å². The summed E-state index contributed by atoms with van der Waals surface area (Å²) >= 11 is 3.04. The number of hydrogen-bond donors (Lipinski definition) is 2. The van der Waals surface area contributed by atoms with Gasteiger partial charge in [0.25, 0.3) is 10.0 Å². The lowest BCUT2D eigenvalue weighted by atomic mass is 10.2. The summed E-state index contributed by atoms with van der Waals surface area (Å²) in [6, 6.07) is -0.256. The summed E-state index contributed by atoms with van der Waals surface area (Å²) in [6.07, 6.45) is 1.12. The molecule has 0 amide bonds. The van der Waals surface area contributed by atoms with Gasteiger partial charge in [-0.3, -0.25) is 0 Å². The molecule has 1 aromatic heterocycles. The number of aliphatic hydroxyl groups excluding tert-OH is 1. The summed E-state index contributed by atoms with van der Waals surface area (Å²) in [6.45, 7) is 1.79. The van der Waals surface area contributed by atoms with Gasteiger partial charge in [-0.25, -0.2) is 17.8 Å². The fourth-order valence-electron chi connectivity index (χ4n) is 1.39. The average Bonchev–Trinajstić information content (AvgIpc) is 2.55. The first-order valence-corrected chi connectivity index (χ1v) is 7.34. The minimum Gasteiger partial charge on any atom is -0.396 e. The quantitative estimate of drug-likeness (QED) is 0.768. The fraction of sp³-hybridized carbons (Fsp3) is 0.750. The van der Waals surface area contributed by atoms with Gasteiger partial charge in [-0.05, 0) is 35.7 Å². The van der Waals surface area contributed by atoms with E-state index in [1.807, 2.05) is 0 Å². The predicted molar refractivity (Wildman–Crippen MR) is 64.8 cm³/mol. The number of sulfonamides is 1. The van der Waals surface area contributed by atoms with Gasteiger partial charge in [-0.2, -0.15) is 0 Å². The van der Waals surface area contributed by atoms with Crippen LogP contribution >= 0.6 is 15.9 Å². The minimum absolute atomic E-state index is 0.00616. The maximum atomic E-state index is 12.0. The molecule has 98 valence electrons. The summed E-state index contributed by atoms with van der Waals surface area (Å²) in [7, 11) is -2.14. The Morgan fingerprint density at radius 3 is 2.71 bits per heavy atom. The molecule has 17 heavy (non-hydrogen) atoms. The van der Waals surface area contributed by atoms with Gasteiger partial charge in [0.05, 0.1) is 0 Å². The molecule has 0 aromatic carbocycles. The second-order valence-electron chi connectivity index (χ2n) is 3.70. The van der Waals surface area contributed by atoms with Crippen molar-refractivity contribution in [3.8, 4) is 0 Å². The lowest BCUT2D eigenvalue weighted by Gasteiger charge is -2.13. The molecule has 2 N–H and O–H groups in total. The Morgan fingerprint density at radius 2 is 2.24 bits per heavy atom. The molecule has 0 aliphatic carbocycles. The van der Waals surface area contributed by atoms with Crippen molar-refractivity contribution in [1.29, 1.82) is 0 Å². The van der Waals surface area contributed by atoms with Crippen LogP contribution in [0.2, 0.25) is 0 Å². The third-order valence-electron chi connectivity index (χ3n) is 2.14. The molecule has 7 nitrogen and oxygen atoms in total. The predicted octanol–water partition coefficient (Wildman–Crippen LogP) is 0.0169. The standard InChI is InChI=1S/C8H15BrN4O3S/c1-6(4-3-5-14)11-17(15,16)8-7(9)10-12-13(8)2/h6,11,14H,3-5H2,1-2H3. The third kappa shape index (κ3) is 3.73. The SMILES string of the molecule is CC(CCCO)NS(=O)(=O)c1c(Br)nnn1C. The summed E-state index contributed by atoms with van der Waals surface area (Å²) in [5.74, 6) is 0. The number of hydrogen-bond acceptors (Lipinski definition) is 5. The normalized spacial score (nSPS) is 13.9. The largest absolute Gasteiger partial charge is 0.396 e. The first-order chi connectivity index (χ1) is 7.88. The lowest BCUT2D eigenvalue weighted by molar-refractivity contribution is 0.279. The molecule has 0 spiro atoms. The molecule has 0 aliphatic rings. The van der Waals surface area contributed by atoms with Crippen molar-refractivity contribution in [1.82, 2.24) is 19.7 Å². The summed E-state index contributed by atoms with van der Waals surface area (Å²) in [5, 5.41) is 15.9. The van der Waals surface area contributed by atoms with Crippen LogP contribution in [0, 0.1) is 0 Å². The summed E-state index contributed by atoms with van der Waals surface area (Å²) in [5.41, 5.74) is 0. The number of halogens is 1. The summed E-state index contributed by atoms with van der Waals surface area (Å²) in [4.78, 5) is 0. The fourth-order valence-corrected chi connectivity index (χ4v) is 3.76. The highest BCUT2D eigenvalue weighted by Gasteiger charge is 2.25. The highest BCUT2D eigenvalue weighted by molar-refractivity contribution is 9.10. The van der Waals surface area contributed by atoms with E-state index in [4.69, 9.17) is 5.11 Å². The van der Waals surface area contributed by atoms with Crippen LogP contribution < -0.4 is 4.72 Å². The molecular formula is C8H15BrN4O3S. The van der Waals surface area contributed by atoms with Gasteiger partial charge in [0.15, 0.2) is 4.60 Å². The molecular weight excluding hydrogens is 312 g/mol. The van der Waals surface area contributed by atoms with E-state index in [-0.39, 0.29) is 22.3 Å². The molecule has 0 bridgehead atoms. The Balaban J connectivity index is 2.83.